The van der Waals surface area contributed by atoms with E-state index in [1.807, 2.05) is 6.26 Å². The number of halogens is 4. The molecule has 128 valence electrons. The molecule has 0 saturated heterocycles. The highest BCUT2D eigenvalue weighted by atomic mass is 35.5. The number of ether oxygens (including phenoxy) is 1. The fraction of sp³-hybridized carbons (Fsp3) is 0.188. The van der Waals surface area contributed by atoms with E-state index in [0.29, 0.717) is 5.75 Å². The molecule has 24 heavy (non-hydrogen) atoms. The first-order chi connectivity index (χ1) is 11.3. The lowest BCUT2D eigenvalue weighted by atomic mass is 10.1. The van der Waals surface area contributed by atoms with Crippen molar-refractivity contribution >= 4 is 35.0 Å². The van der Waals surface area contributed by atoms with Crippen LogP contribution in [-0.4, -0.2) is 19.3 Å². The van der Waals surface area contributed by atoms with E-state index in [2.05, 4.69) is 5.32 Å². The first kappa shape index (κ1) is 18.5. The number of amides is 1. The molecule has 0 aliphatic carbocycles. The monoisotopic (exact) mass is 375 g/mol. The summed E-state index contributed by atoms with van der Waals surface area (Å²) >= 11 is 7.04. The van der Waals surface area contributed by atoms with Gasteiger partial charge < -0.3 is 10.1 Å². The molecule has 1 amide bonds. The second kappa shape index (κ2) is 7.36. The van der Waals surface area contributed by atoms with Crippen molar-refractivity contribution in [2.24, 2.45) is 0 Å². The molecule has 0 spiro atoms. The maximum Gasteiger partial charge on any atom is 0.417 e. The zero-order valence-electron chi connectivity index (χ0n) is 12.7. The number of anilines is 1. The molecule has 0 bridgehead atoms. The Bertz CT molecular complexity index is 765. The molecule has 0 saturated carbocycles. The predicted molar refractivity (Wildman–Crippen MR) is 89.2 cm³/mol. The van der Waals surface area contributed by atoms with Gasteiger partial charge in [0.2, 0.25) is 0 Å². The van der Waals surface area contributed by atoms with Crippen LogP contribution in [0.25, 0.3) is 0 Å². The lowest BCUT2D eigenvalue weighted by Gasteiger charge is -2.13. The highest BCUT2D eigenvalue weighted by Gasteiger charge is 2.33. The van der Waals surface area contributed by atoms with Crippen molar-refractivity contribution in [3.8, 4) is 5.75 Å². The van der Waals surface area contributed by atoms with Crippen LogP contribution in [-0.2, 0) is 6.18 Å². The third kappa shape index (κ3) is 4.15. The van der Waals surface area contributed by atoms with Gasteiger partial charge in [0.1, 0.15) is 5.75 Å². The van der Waals surface area contributed by atoms with E-state index in [-0.39, 0.29) is 11.3 Å². The number of carbonyl (C=O) groups is 1. The van der Waals surface area contributed by atoms with E-state index < -0.39 is 22.7 Å². The molecule has 0 unspecified atom stereocenters. The van der Waals surface area contributed by atoms with Gasteiger partial charge in [-0.05, 0) is 42.7 Å². The Morgan fingerprint density at radius 2 is 1.92 bits per heavy atom. The maximum absolute atomic E-state index is 12.9. The number of nitrogens with one attached hydrogen (secondary N) is 1. The minimum atomic E-state index is -4.60. The first-order valence-corrected chi connectivity index (χ1v) is 8.26. The van der Waals surface area contributed by atoms with Crippen molar-refractivity contribution in [2.75, 3.05) is 18.7 Å². The first-order valence-electron chi connectivity index (χ1n) is 6.66. The molecule has 2 rings (SSSR count). The molecule has 0 aromatic heterocycles. The van der Waals surface area contributed by atoms with Crippen LogP contribution in [0, 0.1) is 0 Å². The zero-order chi connectivity index (χ0) is 17.9. The van der Waals surface area contributed by atoms with Gasteiger partial charge in [0.05, 0.1) is 23.3 Å². The molecule has 3 nitrogen and oxygen atoms in total. The van der Waals surface area contributed by atoms with Gasteiger partial charge in [-0.25, -0.2) is 0 Å². The van der Waals surface area contributed by atoms with E-state index in [4.69, 9.17) is 16.3 Å². The Hall–Kier alpha value is -1.86. The van der Waals surface area contributed by atoms with Gasteiger partial charge >= 0.3 is 6.18 Å². The molecule has 8 heteroatoms. The van der Waals surface area contributed by atoms with Crippen LogP contribution in [0.3, 0.4) is 0 Å². The van der Waals surface area contributed by atoms with E-state index >= 15 is 0 Å². The van der Waals surface area contributed by atoms with Gasteiger partial charge in [0.25, 0.3) is 5.91 Å². The molecule has 0 fully saturated rings. The summed E-state index contributed by atoms with van der Waals surface area (Å²) in [5, 5.41) is 2.00. The van der Waals surface area contributed by atoms with Crippen LogP contribution >= 0.6 is 23.4 Å². The topological polar surface area (TPSA) is 38.3 Å². The normalized spacial score (nSPS) is 11.2. The number of thioether (sulfide) groups is 1. The van der Waals surface area contributed by atoms with Crippen LogP contribution in [0.5, 0.6) is 5.75 Å². The smallest absolute Gasteiger partial charge is 0.417 e. The number of methoxy groups -OCH3 is 1. The average Bonchev–Trinajstić information content (AvgIpc) is 2.54. The molecule has 0 atom stereocenters. The summed E-state index contributed by atoms with van der Waals surface area (Å²) in [5.74, 6) is -0.237. The summed E-state index contributed by atoms with van der Waals surface area (Å²) in [6.07, 6.45) is -2.73. The van der Waals surface area contributed by atoms with Gasteiger partial charge in [0.15, 0.2) is 0 Å². The SMILES string of the molecule is COc1cc(SC)ccc1C(=O)Nc1ccc(Cl)c(C(F)(F)F)c1. The molecule has 0 heterocycles. The fourth-order valence-electron chi connectivity index (χ4n) is 2.00. The van der Waals surface area contributed by atoms with Crippen molar-refractivity contribution in [2.45, 2.75) is 11.1 Å². The van der Waals surface area contributed by atoms with Gasteiger partial charge in [-0.15, -0.1) is 11.8 Å². The average molecular weight is 376 g/mol. The Kier molecular flexibility index (Phi) is 5.66. The van der Waals surface area contributed by atoms with E-state index in [1.165, 1.54) is 24.9 Å². The summed E-state index contributed by atoms with van der Waals surface area (Å²) < 4.78 is 43.8. The minimum absolute atomic E-state index is 0.00674. The van der Waals surface area contributed by atoms with Crippen molar-refractivity contribution in [3.63, 3.8) is 0 Å². The van der Waals surface area contributed by atoms with Gasteiger partial charge in [-0.1, -0.05) is 11.6 Å². The predicted octanol–water partition coefficient (Wildman–Crippen LogP) is 5.34. The highest BCUT2D eigenvalue weighted by molar-refractivity contribution is 7.98. The quantitative estimate of drug-likeness (QED) is 0.733. The number of hydrogen-bond donors (Lipinski definition) is 1. The third-order valence-electron chi connectivity index (χ3n) is 3.18. The number of carbonyl (C=O) groups excluding carboxylic acids is 1. The maximum atomic E-state index is 12.9. The molecule has 0 aliphatic rings. The Labute approximate surface area is 146 Å². The van der Waals surface area contributed by atoms with Crippen LogP contribution in [0.1, 0.15) is 15.9 Å². The summed E-state index contributed by atoms with van der Waals surface area (Å²) in [6.45, 7) is 0. The van der Waals surface area contributed by atoms with Crippen molar-refractivity contribution in [1.29, 1.82) is 0 Å². The number of alkyl halides is 3. The summed E-state index contributed by atoms with van der Waals surface area (Å²) in [7, 11) is 1.42. The summed E-state index contributed by atoms with van der Waals surface area (Å²) in [4.78, 5) is 13.2. The number of hydrogen-bond acceptors (Lipinski definition) is 3. The minimum Gasteiger partial charge on any atom is -0.496 e. The molecular formula is C16H13ClF3NO2S. The van der Waals surface area contributed by atoms with Gasteiger partial charge in [-0.3, -0.25) is 4.79 Å². The largest absolute Gasteiger partial charge is 0.496 e. The summed E-state index contributed by atoms with van der Waals surface area (Å²) in [6, 6.07) is 8.16. The van der Waals surface area contributed by atoms with Crippen molar-refractivity contribution < 1.29 is 22.7 Å². The Balaban J connectivity index is 2.30. The second-order valence-corrected chi connectivity index (χ2v) is 6.00. The van der Waals surface area contributed by atoms with Gasteiger partial charge in [-0.2, -0.15) is 13.2 Å². The Morgan fingerprint density at radius 3 is 2.50 bits per heavy atom. The lowest BCUT2D eigenvalue weighted by molar-refractivity contribution is -0.137. The molecule has 0 aliphatic heterocycles. The fourth-order valence-corrected chi connectivity index (χ4v) is 2.66. The van der Waals surface area contributed by atoms with Crippen LogP contribution in [0.2, 0.25) is 5.02 Å². The second-order valence-electron chi connectivity index (χ2n) is 4.71. The number of benzene rings is 2. The van der Waals surface area contributed by atoms with Crippen LogP contribution in [0.4, 0.5) is 18.9 Å². The zero-order valence-corrected chi connectivity index (χ0v) is 14.3. The summed E-state index contributed by atoms with van der Waals surface area (Å²) in [5.41, 5.74) is -0.793. The Morgan fingerprint density at radius 1 is 1.21 bits per heavy atom. The molecule has 1 N–H and O–H groups in total. The highest BCUT2D eigenvalue weighted by Crippen LogP contribution is 2.36. The van der Waals surface area contributed by atoms with Crippen LogP contribution in [0.15, 0.2) is 41.3 Å². The van der Waals surface area contributed by atoms with Gasteiger partial charge in [0, 0.05) is 10.6 Å². The van der Waals surface area contributed by atoms with E-state index in [0.717, 1.165) is 17.0 Å². The standard InChI is InChI=1S/C16H13ClF3NO2S/c1-23-14-8-10(24-2)4-5-11(14)15(22)21-9-3-6-13(17)12(7-9)16(18,19)20/h3-8H,1-2H3,(H,21,22). The van der Waals surface area contributed by atoms with Crippen molar-refractivity contribution in [1.82, 2.24) is 0 Å². The van der Waals surface area contributed by atoms with Crippen LogP contribution < -0.4 is 10.1 Å². The molecule has 0 radical (unpaired) electrons. The van der Waals surface area contributed by atoms with E-state index in [9.17, 15) is 18.0 Å². The van der Waals surface area contributed by atoms with E-state index in [1.54, 1.807) is 18.2 Å². The molecule has 2 aromatic carbocycles. The number of rotatable bonds is 4. The molecular weight excluding hydrogens is 363 g/mol. The van der Waals surface area contributed by atoms with Crippen molar-refractivity contribution in [3.05, 3.63) is 52.5 Å². The third-order valence-corrected chi connectivity index (χ3v) is 4.24. The molecule has 2 aromatic rings. The lowest BCUT2D eigenvalue weighted by Crippen LogP contribution is -2.14.